The predicted octanol–water partition coefficient (Wildman–Crippen LogP) is 0.945. The third-order valence-corrected chi connectivity index (χ3v) is 4.65. The van der Waals surface area contributed by atoms with Crippen LogP contribution >= 0.6 is 0 Å². The van der Waals surface area contributed by atoms with Crippen LogP contribution in [0.2, 0.25) is 0 Å². The van der Waals surface area contributed by atoms with Crippen molar-refractivity contribution in [2.75, 3.05) is 12.8 Å². The third kappa shape index (κ3) is 6.05. The van der Waals surface area contributed by atoms with Crippen LogP contribution in [0.3, 0.4) is 0 Å². The molecule has 0 aliphatic rings. The monoisotopic (exact) mass is 348 g/mol. The van der Waals surface area contributed by atoms with Crippen molar-refractivity contribution in [1.82, 2.24) is 19.6 Å². The first-order valence-corrected chi connectivity index (χ1v) is 9.29. The number of rotatable bonds is 8. The summed E-state index contributed by atoms with van der Waals surface area (Å²) in [6.45, 7) is 0.743. The molecule has 1 amide bonds. The summed E-state index contributed by atoms with van der Waals surface area (Å²) < 4.78 is 25.1. The third-order valence-electron chi connectivity index (χ3n) is 3.40. The highest BCUT2D eigenvalue weighted by molar-refractivity contribution is 7.88. The van der Waals surface area contributed by atoms with Crippen LogP contribution in [0.4, 0.5) is 0 Å². The summed E-state index contributed by atoms with van der Waals surface area (Å²) in [4.78, 5) is 19.8. The van der Waals surface area contributed by atoms with Gasteiger partial charge in [-0.05, 0) is 35.4 Å². The summed E-state index contributed by atoms with van der Waals surface area (Å²) in [5.41, 5.74) is 1.77. The Hall–Kier alpha value is -2.32. The highest BCUT2D eigenvalue weighted by Gasteiger charge is 2.18. The Morgan fingerprint density at radius 2 is 1.58 bits per heavy atom. The number of pyridine rings is 2. The van der Waals surface area contributed by atoms with Gasteiger partial charge in [0.25, 0.3) is 0 Å². The number of hydrogen-bond donors (Lipinski definition) is 1. The minimum absolute atomic E-state index is 0.100. The number of sulfonamides is 1. The molecule has 0 saturated heterocycles. The summed E-state index contributed by atoms with van der Waals surface area (Å²) in [6, 6.07) is 7.13. The van der Waals surface area contributed by atoms with Crippen LogP contribution < -0.4 is 5.32 Å². The van der Waals surface area contributed by atoms with Crippen LogP contribution in [-0.2, 0) is 27.9 Å². The molecule has 0 atom stereocenters. The summed E-state index contributed by atoms with van der Waals surface area (Å²) in [5, 5.41) is 2.77. The molecule has 0 bridgehead atoms. The Labute approximate surface area is 141 Å². The van der Waals surface area contributed by atoms with Crippen LogP contribution in [0.25, 0.3) is 0 Å². The van der Waals surface area contributed by atoms with E-state index >= 15 is 0 Å². The highest BCUT2D eigenvalue weighted by Crippen LogP contribution is 2.08. The first-order chi connectivity index (χ1) is 11.4. The van der Waals surface area contributed by atoms with Gasteiger partial charge in [-0.2, -0.15) is 4.31 Å². The molecule has 8 heteroatoms. The lowest BCUT2D eigenvalue weighted by Gasteiger charge is -2.19. The zero-order valence-electron chi connectivity index (χ0n) is 13.4. The second-order valence-corrected chi connectivity index (χ2v) is 7.32. The minimum Gasteiger partial charge on any atom is -0.352 e. The van der Waals surface area contributed by atoms with E-state index in [1.54, 1.807) is 36.9 Å². The van der Waals surface area contributed by atoms with Crippen molar-refractivity contribution in [2.24, 2.45) is 0 Å². The van der Waals surface area contributed by atoms with E-state index in [2.05, 4.69) is 15.3 Å². The molecule has 2 aromatic heterocycles. The van der Waals surface area contributed by atoms with Gasteiger partial charge in [0.1, 0.15) is 0 Å². The molecule has 0 radical (unpaired) electrons. The second-order valence-electron chi connectivity index (χ2n) is 5.33. The Kier molecular flexibility index (Phi) is 6.39. The predicted molar refractivity (Wildman–Crippen MR) is 90.2 cm³/mol. The van der Waals surface area contributed by atoms with E-state index in [0.717, 1.165) is 17.4 Å². The van der Waals surface area contributed by atoms with Gasteiger partial charge in [0, 0.05) is 50.8 Å². The lowest BCUT2D eigenvalue weighted by atomic mass is 10.2. The molecular weight excluding hydrogens is 328 g/mol. The average molecular weight is 348 g/mol. The Morgan fingerprint density at radius 1 is 1.04 bits per heavy atom. The summed E-state index contributed by atoms with van der Waals surface area (Å²) in [5.74, 6) is -0.199. The maximum Gasteiger partial charge on any atom is 0.221 e. The molecule has 0 fully saturated rings. The highest BCUT2D eigenvalue weighted by atomic mass is 32.2. The van der Waals surface area contributed by atoms with Gasteiger partial charge in [-0.15, -0.1) is 0 Å². The van der Waals surface area contributed by atoms with E-state index in [0.29, 0.717) is 6.54 Å². The molecule has 7 nitrogen and oxygen atoms in total. The van der Waals surface area contributed by atoms with Crippen LogP contribution in [0.5, 0.6) is 0 Å². The Morgan fingerprint density at radius 3 is 2.12 bits per heavy atom. The molecule has 128 valence electrons. The molecule has 0 unspecified atom stereocenters. The summed E-state index contributed by atoms with van der Waals surface area (Å²) >= 11 is 0. The van der Waals surface area contributed by atoms with Gasteiger partial charge in [-0.25, -0.2) is 8.42 Å². The first-order valence-electron chi connectivity index (χ1n) is 7.45. The summed E-state index contributed by atoms with van der Waals surface area (Å²) in [7, 11) is -3.40. The minimum atomic E-state index is -3.40. The van der Waals surface area contributed by atoms with Crippen molar-refractivity contribution in [3.8, 4) is 0 Å². The number of amides is 1. The lowest BCUT2D eigenvalue weighted by Crippen LogP contribution is -2.34. The van der Waals surface area contributed by atoms with E-state index in [1.165, 1.54) is 4.31 Å². The molecule has 2 heterocycles. The Balaban J connectivity index is 1.87. The molecule has 0 saturated carbocycles. The fraction of sp³-hybridized carbons (Fsp3) is 0.312. The Bertz CT molecular complexity index is 751. The van der Waals surface area contributed by atoms with Gasteiger partial charge in [0.05, 0.1) is 6.26 Å². The molecule has 2 aromatic rings. The largest absolute Gasteiger partial charge is 0.352 e. The van der Waals surface area contributed by atoms with Gasteiger partial charge in [0.15, 0.2) is 0 Å². The quantitative estimate of drug-likeness (QED) is 0.767. The van der Waals surface area contributed by atoms with Crippen molar-refractivity contribution in [3.05, 3.63) is 60.2 Å². The zero-order valence-corrected chi connectivity index (χ0v) is 14.2. The molecule has 0 aromatic carbocycles. The molecule has 24 heavy (non-hydrogen) atoms. The second kappa shape index (κ2) is 8.51. The number of hydrogen-bond acceptors (Lipinski definition) is 5. The molecule has 0 spiro atoms. The maximum atomic E-state index is 11.9. The number of nitrogens with one attached hydrogen (secondary N) is 1. The van der Waals surface area contributed by atoms with E-state index in [1.807, 2.05) is 12.1 Å². The van der Waals surface area contributed by atoms with Gasteiger partial charge in [-0.1, -0.05) is 0 Å². The molecule has 2 rings (SSSR count). The standard InChI is InChI=1S/C16H20N4O3S/c1-24(22,23)20(13-15-4-9-18-10-5-15)11-6-16(21)19-12-14-2-7-17-8-3-14/h2-5,7-10H,6,11-13H2,1H3,(H,19,21). The topological polar surface area (TPSA) is 92.3 Å². The van der Waals surface area contributed by atoms with Crippen LogP contribution in [0.15, 0.2) is 49.1 Å². The van der Waals surface area contributed by atoms with E-state index in [4.69, 9.17) is 0 Å². The zero-order chi connectivity index (χ0) is 17.4. The fourth-order valence-electron chi connectivity index (χ4n) is 2.07. The number of aromatic nitrogens is 2. The van der Waals surface area contributed by atoms with Crippen molar-refractivity contribution in [3.63, 3.8) is 0 Å². The van der Waals surface area contributed by atoms with E-state index in [9.17, 15) is 13.2 Å². The number of carbonyl (C=O) groups excluding carboxylic acids is 1. The molecule has 0 aliphatic heterocycles. The van der Waals surface area contributed by atoms with Crippen molar-refractivity contribution in [2.45, 2.75) is 19.5 Å². The maximum absolute atomic E-state index is 11.9. The van der Waals surface area contributed by atoms with E-state index < -0.39 is 10.0 Å². The van der Waals surface area contributed by atoms with Crippen molar-refractivity contribution >= 4 is 15.9 Å². The molecule has 1 N–H and O–H groups in total. The first kappa shape index (κ1) is 18.0. The normalized spacial score (nSPS) is 11.4. The van der Waals surface area contributed by atoms with Crippen LogP contribution in [0, 0.1) is 0 Å². The molecular formula is C16H20N4O3S. The summed E-state index contributed by atoms with van der Waals surface area (Å²) in [6.07, 6.45) is 7.77. The molecule has 0 aliphatic carbocycles. The fourth-order valence-corrected chi connectivity index (χ4v) is 2.88. The van der Waals surface area contributed by atoms with Gasteiger partial charge in [0.2, 0.25) is 15.9 Å². The van der Waals surface area contributed by atoms with Gasteiger partial charge in [-0.3, -0.25) is 14.8 Å². The lowest BCUT2D eigenvalue weighted by molar-refractivity contribution is -0.121. The average Bonchev–Trinajstić information content (AvgIpc) is 2.57. The van der Waals surface area contributed by atoms with Crippen molar-refractivity contribution in [1.29, 1.82) is 0 Å². The van der Waals surface area contributed by atoms with Crippen molar-refractivity contribution < 1.29 is 13.2 Å². The number of carbonyl (C=O) groups is 1. The van der Waals surface area contributed by atoms with Gasteiger partial charge < -0.3 is 5.32 Å². The van der Waals surface area contributed by atoms with Crippen LogP contribution in [-0.4, -0.2) is 41.4 Å². The smallest absolute Gasteiger partial charge is 0.221 e. The van der Waals surface area contributed by atoms with E-state index in [-0.39, 0.29) is 25.4 Å². The SMILES string of the molecule is CS(=O)(=O)N(CCC(=O)NCc1ccncc1)Cc1ccncc1. The number of nitrogens with zero attached hydrogens (tertiary/aromatic N) is 3. The van der Waals surface area contributed by atoms with Crippen LogP contribution in [0.1, 0.15) is 17.5 Å². The van der Waals surface area contributed by atoms with Gasteiger partial charge >= 0.3 is 0 Å².